The highest BCUT2D eigenvalue weighted by molar-refractivity contribution is 6.03. The SMILES string of the molecule is COc1ccc(C(=O)N[N+]2(c3ccnc(NC(C)c4ccccc4)n3)C=Nc3ccccc32)c(OC)c1. The molecule has 1 aliphatic heterocycles. The second-order valence-electron chi connectivity index (χ2n) is 8.48. The molecule has 2 N–H and O–H groups in total. The Morgan fingerprint density at radius 2 is 1.73 bits per heavy atom. The average Bonchev–Trinajstić information content (AvgIpc) is 3.32. The molecule has 0 saturated carbocycles. The van der Waals surface area contributed by atoms with Gasteiger partial charge in [-0.25, -0.2) is 4.98 Å². The molecule has 3 aromatic carbocycles. The Balaban J connectivity index is 1.53. The maximum atomic E-state index is 13.6. The van der Waals surface area contributed by atoms with E-state index in [1.165, 1.54) is 7.11 Å². The molecule has 1 amide bonds. The maximum absolute atomic E-state index is 13.6. The monoisotopic (exact) mass is 495 g/mol. The first-order valence-electron chi connectivity index (χ1n) is 11.8. The highest BCUT2D eigenvalue weighted by Crippen LogP contribution is 2.42. The van der Waals surface area contributed by atoms with Crippen LogP contribution in [0.25, 0.3) is 0 Å². The third kappa shape index (κ3) is 4.60. The summed E-state index contributed by atoms with van der Waals surface area (Å²) in [7, 11) is 3.07. The maximum Gasteiger partial charge on any atom is 0.300 e. The van der Waals surface area contributed by atoms with Gasteiger partial charge in [0.25, 0.3) is 5.82 Å². The summed E-state index contributed by atoms with van der Waals surface area (Å²) < 4.78 is 10.5. The average molecular weight is 496 g/mol. The third-order valence-corrected chi connectivity index (χ3v) is 6.21. The molecule has 1 aliphatic rings. The minimum atomic E-state index is -0.367. The van der Waals surface area contributed by atoms with Crippen LogP contribution >= 0.6 is 0 Å². The number of fused-ring (bicyclic) bond motifs is 1. The first-order chi connectivity index (χ1) is 18.0. The number of anilines is 1. The summed E-state index contributed by atoms with van der Waals surface area (Å²) in [6.45, 7) is 2.04. The molecule has 186 valence electrons. The number of ether oxygens (including phenoxy) is 2. The number of aromatic nitrogens is 2. The molecule has 2 atom stereocenters. The van der Waals surface area contributed by atoms with Gasteiger partial charge in [-0.05, 0) is 30.7 Å². The smallest absolute Gasteiger partial charge is 0.300 e. The Labute approximate surface area is 215 Å². The van der Waals surface area contributed by atoms with Gasteiger partial charge >= 0.3 is 5.91 Å². The normalized spacial score (nSPS) is 16.5. The zero-order valence-electron chi connectivity index (χ0n) is 20.8. The molecular formula is C28H27N6O3+. The van der Waals surface area contributed by atoms with Gasteiger partial charge in [0.1, 0.15) is 17.2 Å². The quantitative estimate of drug-likeness (QED) is 0.321. The van der Waals surface area contributed by atoms with E-state index in [2.05, 4.69) is 20.7 Å². The molecule has 4 aromatic rings. The number of nitrogens with zero attached hydrogens (tertiary/aromatic N) is 4. The summed E-state index contributed by atoms with van der Waals surface area (Å²) in [6, 6.07) is 24.4. The fourth-order valence-electron chi connectivity index (χ4n) is 4.25. The van der Waals surface area contributed by atoms with Crippen molar-refractivity contribution >= 4 is 35.4 Å². The third-order valence-electron chi connectivity index (χ3n) is 6.21. The van der Waals surface area contributed by atoms with Crippen molar-refractivity contribution in [3.05, 3.63) is 96.2 Å². The second kappa shape index (κ2) is 10.1. The number of carbonyl (C=O) groups is 1. The van der Waals surface area contributed by atoms with E-state index < -0.39 is 0 Å². The molecule has 9 heteroatoms. The summed E-state index contributed by atoms with van der Waals surface area (Å²) in [5.41, 5.74) is 6.06. The van der Waals surface area contributed by atoms with Crippen LogP contribution in [0.1, 0.15) is 28.9 Å². The van der Waals surface area contributed by atoms with Gasteiger partial charge in [0.2, 0.25) is 12.3 Å². The van der Waals surface area contributed by atoms with Crippen LogP contribution in [0.4, 0.5) is 23.1 Å². The Morgan fingerprint density at radius 3 is 2.51 bits per heavy atom. The molecule has 1 aromatic heterocycles. The van der Waals surface area contributed by atoms with E-state index in [9.17, 15) is 4.79 Å². The first kappa shape index (κ1) is 24.0. The minimum absolute atomic E-state index is 0.0254. The lowest BCUT2D eigenvalue weighted by atomic mass is 10.1. The number of carbonyl (C=O) groups excluding carboxylic acids is 1. The molecular weight excluding hydrogens is 468 g/mol. The Kier molecular flexibility index (Phi) is 6.53. The van der Waals surface area contributed by atoms with E-state index in [0.29, 0.717) is 28.8 Å². The Bertz CT molecular complexity index is 1460. The second-order valence-corrected chi connectivity index (χ2v) is 8.48. The van der Waals surface area contributed by atoms with Gasteiger partial charge in [0.05, 0.1) is 25.8 Å². The van der Waals surface area contributed by atoms with Crippen LogP contribution in [0, 0.1) is 0 Å². The van der Waals surface area contributed by atoms with Crippen LogP contribution in [-0.4, -0.2) is 36.4 Å². The van der Waals surface area contributed by atoms with Crippen LogP contribution in [0.3, 0.4) is 0 Å². The molecule has 0 fully saturated rings. The number of para-hydroxylation sites is 2. The molecule has 2 heterocycles. The van der Waals surface area contributed by atoms with Gasteiger partial charge in [-0.1, -0.05) is 47.1 Å². The summed E-state index contributed by atoms with van der Waals surface area (Å²) in [5.74, 6) is 1.56. The zero-order valence-corrected chi connectivity index (χ0v) is 20.8. The first-order valence-corrected chi connectivity index (χ1v) is 11.8. The van der Waals surface area contributed by atoms with E-state index in [-0.39, 0.29) is 16.5 Å². The molecule has 0 spiro atoms. The number of rotatable bonds is 8. The van der Waals surface area contributed by atoms with Crippen molar-refractivity contribution in [1.82, 2.24) is 20.0 Å². The summed E-state index contributed by atoms with van der Waals surface area (Å²) in [5, 5.41) is 3.36. The predicted octanol–water partition coefficient (Wildman–Crippen LogP) is 5.32. The van der Waals surface area contributed by atoms with E-state index >= 15 is 0 Å². The summed E-state index contributed by atoms with van der Waals surface area (Å²) >= 11 is 0. The van der Waals surface area contributed by atoms with Crippen LogP contribution < -0.4 is 24.8 Å². The summed E-state index contributed by atoms with van der Waals surface area (Å²) in [4.78, 5) is 27.5. The van der Waals surface area contributed by atoms with Crippen LogP contribution in [0.15, 0.2) is 90.1 Å². The standard InChI is InChI=1S/C28H26N6O3/c1-19(20-9-5-4-6-10-20)31-28-29-16-15-26(32-28)34(18-30-23-11-7-8-12-24(23)34)33-27(35)22-14-13-21(36-2)17-25(22)37-3/h4-19H,1-3H3,(H-,29,31,32,33,35)/p+1. The predicted molar refractivity (Wildman–Crippen MR) is 144 cm³/mol. The number of amides is 1. The van der Waals surface area contributed by atoms with Gasteiger partial charge in [-0.2, -0.15) is 15.4 Å². The van der Waals surface area contributed by atoms with Crippen molar-refractivity contribution in [2.24, 2.45) is 4.99 Å². The zero-order chi connectivity index (χ0) is 25.8. The lowest BCUT2D eigenvalue weighted by Gasteiger charge is -2.28. The van der Waals surface area contributed by atoms with Crippen molar-refractivity contribution in [1.29, 1.82) is 0 Å². The van der Waals surface area contributed by atoms with Gasteiger partial charge in [0.15, 0.2) is 5.69 Å². The fourth-order valence-corrected chi connectivity index (χ4v) is 4.25. The number of benzene rings is 3. The van der Waals surface area contributed by atoms with E-state index in [1.54, 1.807) is 43.9 Å². The fraction of sp³-hybridized carbons (Fsp3) is 0.143. The number of nitrogens with one attached hydrogen (secondary N) is 2. The van der Waals surface area contributed by atoms with Gasteiger partial charge < -0.3 is 14.8 Å². The Hall–Kier alpha value is -4.76. The Morgan fingerprint density at radius 1 is 0.946 bits per heavy atom. The number of hydrogen-bond donors (Lipinski definition) is 2. The number of hydrogen-bond acceptors (Lipinski definition) is 7. The lowest BCUT2D eigenvalue weighted by molar-refractivity contribution is 0.0901. The number of aliphatic imine (C=N–C) groups is 1. The highest BCUT2D eigenvalue weighted by atomic mass is 16.5. The number of quaternary nitrogens is 1. The molecule has 0 saturated heterocycles. The molecule has 0 radical (unpaired) electrons. The topological polar surface area (TPSA) is 97.7 Å². The molecule has 0 aliphatic carbocycles. The summed E-state index contributed by atoms with van der Waals surface area (Å²) in [6.07, 6.45) is 3.32. The molecule has 0 bridgehead atoms. The van der Waals surface area contributed by atoms with Gasteiger partial charge in [-0.15, -0.1) is 0 Å². The molecule has 5 rings (SSSR count). The number of methoxy groups -OCH3 is 2. The van der Waals surface area contributed by atoms with Crippen molar-refractivity contribution in [2.75, 3.05) is 19.5 Å². The van der Waals surface area contributed by atoms with Crippen molar-refractivity contribution in [3.63, 3.8) is 0 Å². The van der Waals surface area contributed by atoms with E-state index in [4.69, 9.17) is 14.5 Å². The van der Waals surface area contributed by atoms with E-state index in [1.807, 2.05) is 61.5 Å². The van der Waals surface area contributed by atoms with Gasteiger partial charge in [0, 0.05) is 24.4 Å². The van der Waals surface area contributed by atoms with Crippen LogP contribution in [0.2, 0.25) is 0 Å². The van der Waals surface area contributed by atoms with Crippen molar-refractivity contribution in [2.45, 2.75) is 13.0 Å². The van der Waals surface area contributed by atoms with E-state index in [0.717, 1.165) is 16.9 Å². The van der Waals surface area contributed by atoms with Crippen LogP contribution in [-0.2, 0) is 0 Å². The van der Waals surface area contributed by atoms with Gasteiger partial charge in [-0.3, -0.25) is 4.79 Å². The largest absolute Gasteiger partial charge is 0.497 e. The molecule has 9 nitrogen and oxygen atoms in total. The van der Waals surface area contributed by atoms with Crippen LogP contribution in [0.5, 0.6) is 11.5 Å². The molecule has 2 unspecified atom stereocenters. The lowest BCUT2D eigenvalue weighted by Crippen LogP contribution is -2.56. The minimum Gasteiger partial charge on any atom is -0.497 e. The highest BCUT2D eigenvalue weighted by Gasteiger charge is 2.43. The molecule has 37 heavy (non-hydrogen) atoms. The van der Waals surface area contributed by atoms with Crippen molar-refractivity contribution < 1.29 is 14.3 Å². The van der Waals surface area contributed by atoms with Crippen molar-refractivity contribution in [3.8, 4) is 11.5 Å².